The van der Waals surface area contributed by atoms with E-state index in [4.69, 9.17) is 0 Å². The number of alkyl halides is 2. The van der Waals surface area contributed by atoms with Crippen molar-refractivity contribution in [3.05, 3.63) is 36.0 Å². The van der Waals surface area contributed by atoms with Crippen molar-refractivity contribution >= 4 is 10.9 Å². The third-order valence-corrected chi connectivity index (χ3v) is 2.33. The van der Waals surface area contributed by atoms with E-state index in [0.29, 0.717) is 6.92 Å². The van der Waals surface area contributed by atoms with E-state index in [9.17, 15) is 13.9 Å². The van der Waals surface area contributed by atoms with E-state index in [1.807, 2.05) is 6.07 Å². The van der Waals surface area contributed by atoms with Gasteiger partial charge in [0, 0.05) is 12.4 Å². The molecule has 0 aliphatic carbocycles. The summed E-state index contributed by atoms with van der Waals surface area (Å²) in [5.41, 5.74) is 0.888. The van der Waals surface area contributed by atoms with Gasteiger partial charge in [0.25, 0.3) is 5.92 Å². The number of para-hydroxylation sites is 1. The highest BCUT2D eigenvalue weighted by Gasteiger charge is 2.34. The van der Waals surface area contributed by atoms with Crippen molar-refractivity contribution in [3.63, 3.8) is 0 Å². The van der Waals surface area contributed by atoms with E-state index in [1.165, 1.54) is 6.07 Å². The number of H-pyrrole nitrogens is 1. The van der Waals surface area contributed by atoms with Crippen LogP contribution in [-0.2, 0) is 0 Å². The third kappa shape index (κ3) is 1.85. The summed E-state index contributed by atoms with van der Waals surface area (Å²) in [6.07, 6.45) is -1.79. The van der Waals surface area contributed by atoms with Gasteiger partial charge in [-0.2, -0.15) is 0 Å². The van der Waals surface area contributed by atoms with Crippen LogP contribution in [0.25, 0.3) is 10.9 Å². The van der Waals surface area contributed by atoms with Crippen molar-refractivity contribution < 1.29 is 13.9 Å². The molecule has 80 valence electrons. The van der Waals surface area contributed by atoms with Gasteiger partial charge < -0.3 is 10.1 Å². The van der Waals surface area contributed by atoms with Crippen LogP contribution >= 0.6 is 0 Å². The van der Waals surface area contributed by atoms with Crippen LogP contribution in [0.3, 0.4) is 0 Å². The molecule has 0 saturated heterocycles. The second kappa shape index (κ2) is 3.31. The first-order chi connectivity index (χ1) is 6.98. The zero-order valence-electron chi connectivity index (χ0n) is 8.17. The lowest BCUT2D eigenvalue weighted by molar-refractivity contribution is -0.0969. The van der Waals surface area contributed by atoms with E-state index in [0.717, 1.165) is 10.9 Å². The minimum atomic E-state index is -3.14. The van der Waals surface area contributed by atoms with Crippen molar-refractivity contribution in [3.8, 4) is 0 Å². The number of nitrogens with one attached hydrogen (secondary N) is 1. The summed E-state index contributed by atoms with van der Waals surface area (Å²) in [6.45, 7) is 0.698. The van der Waals surface area contributed by atoms with E-state index in [1.54, 1.807) is 18.2 Å². The number of hydrogen-bond donors (Lipinski definition) is 2. The topological polar surface area (TPSA) is 36.0 Å². The molecule has 0 spiro atoms. The first-order valence-electron chi connectivity index (χ1n) is 4.62. The Balaban J connectivity index is 2.45. The predicted molar refractivity (Wildman–Crippen MR) is 53.9 cm³/mol. The van der Waals surface area contributed by atoms with Crippen molar-refractivity contribution in [2.75, 3.05) is 0 Å². The highest BCUT2D eigenvalue weighted by molar-refractivity contribution is 5.80. The number of fused-ring (bicyclic) bond motifs is 1. The van der Waals surface area contributed by atoms with Crippen molar-refractivity contribution in [1.82, 2.24) is 4.98 Å². The maximum absolute atomic E-state index is 12.9. The summed E-state index contributed by atoms with van der Waals surface area (Å²) in [7, 11) is 0. The fourth-order valence-corrected chi connectivity index (χ4v) is 1.52. The number of aliphatic hydroxyl groups is 1. The molecular weight excluding hydrogens is 200 g/mol. The lowest BCUT2D eigenvalue weighted by Gasteiger charge is -2.16. The Kier molecular flexibility index (Phi) is 2.23. The van der Waals surface area contributed by atoms with E-state index >= 15 is 0 Å². The summed E-state index contributed by atoms with van der Waals surface area (Å²) >= 11 is 0. The minimum Gasteiger partial charge on any atom is -0.381 e. The molecule has 2 N–H and O–H groups in total. The Morgan fingerprint density at radius 2 is 2.00 bits per heavy atom. The molecule has 0 aliphatic rings. The number of halogens is 2. The zero-order valence-corrected chi connectivity index (χ0v) is 8.17. The van der Waals surface area contributed by atoms with E-state index in [-0.39, 0.29) is 5.69 Å². The minimum absolute atomic E-state index is 0.142. The molecule has 1 aromatic carbocycles. The Morgan fingerprint density at radius 3 is 2.60 bits per heavy atom. The molecule has 0 fully saturated rings. The van der Waals surface area contributed by atoms with Crippen LogP contribution in [0.5, 0.6) is 0 Å². The Hall–Kier alpha value is -1.42. The summed E-state index contributed by atoms with van der Waals surface area (Å²) in [6, 6.07) is 8.74. The lowest BCUT2D eigenvalue weighted by atomic mass is 10.1. The van der Waals surface area contributed by atoms with Crippen LogP contribution in [0.1, 0.15) is 18.7 Å². The Bertz CT molecular complexity index is 440. The molecule has 15 heavy (non-hydrogen) atoms. The van der Waals surface area contributed by atoms with Crippen LogP contribution < -0.4 is 0 Å². The SMILES string of the molecule is CC(F)(F)C(O)c1cc2ccccc2[nH]1. The van der Waals surface area contributed by atoms with Crippen molar-refractivity contribution in [1.29, 1.82) is 0 Å². The van der Waals surface area contributed by atoms with E-state index < -0.39 is 12.0 Å². The standard InChI is InChI=1S/C11H11F2NO/c1-11(12,13)10(15)9-6-7-4-2-3-5-8(7)14-9/h2-6,10,14-15H,1H3. The average molecular weight is 211 g/mol. The number of rotatable bonds is 2. The summed E-state index contributed by atoms with van der Waals surface area (Å²) in [5, 5.41) is 10.2. The molecular formula is C11H11F2NO. The largest absolute Gasteiger partial charge is 0.381 e. The van der Waals surface area contributed by atoms with Gasteiger partial charge in [-0.3, -0.25) is 0 Å². The van der Waals surface area contributed by atoms with Crippen molar-refractivity contribution in [2.24, 2.45) is 0 Å². The normalized spacial score (nSPS) is 14.4. The maximum atomic E-state index is 12.9. The summed E-state index contributed by atoms with van der Waals surface area (Å²) < 4.78 is 25.7. The van der Waals surface area contributed by atoms with Gasteiger partial charge in [-0.15, -0.1) is 0 Å². The number of aromatic nitrogens is 1. The number of aromatic amines is 1. The van der Waals surface area contributed by atoms with Gasteiger partial charge in [0.05, 0.1) is 5.69 Å². The van der Waals surface area contributed by atoms with Gasteiger partial charge in [0.1, 0.15) is 0 Å². The molecule has 2 nitrogen and oxygen atoms in total. The third-order valence-electron chi connectivity index (χ3n) is 2.33. The highest BCUT2D eigenvalue weighted by Crippen LogP contribution is 2.31. The first kappa shape index (κ1) is 10.1. The lowest BCUT2D eigenvalue weighted by Crippen LogP contribution is -2.21. The van der Waals surface area contributed by atoms with Gasteiger partial charge in [-0.05, 0) is 17.5 Å². The molecule has 4 heteroatoms. The average Bonchev–Trinajstić information content (AvgIpc) is 2.58. The number of hydrogen-bond acceptors (Lipinski definition) is 1. The molecule has 1 unspecified atom stereocenters. The molecule has 0 bridgehead atoms. The summed E-state index contributed by atoms with van der Waals surface area (Å²) in [4.78, 5) is 2.77. The zero-order chi connectivity index (χ0) is 11.1. The second-order valence-electron chi connectivity index (χ2n) is 3.67. The number of aliphatic hydroxyl groups excluding tert-OH is 1. The molecule has 1 heterocycles. The fourth-order valence-electron chi connectivity index (χ4n) is 1.52. The molecule has 2 aromatic rings. The van der Waals surface area contributed by atoms with Crippen LogP contribution in [0.4, 0.5) is 8.78 Å². The van der Waals surface area contributed by atoms with Gasteiger partial charge in [0.15, 0.2) is 6.10 Å². The van der Waals surface area contributed by atoms with Crippen LogP contribution in [0.2, 0.25) is 0 Å². The molecule has 1 aromatic heterocycles. The maximum Gasteiger partial charge on any atom is 0.276 e. The molecule has 1 atom stereocenters. The van der Waals surface area contributed by atoms with Crippen LogP contribution in [0, 0.1) is 0 Å². The molecule has 2 rings (SSSR count). The molecule has 0 amide bonds. The summed E-state index contributed by atoms with van der Waals surface area (Å²) in [5.74, 6) is -3.14. The van der Waals surface area contributed by atoms with Crippen LogP contribution in [0.15, 0.2) is 30.3 Å². The monoisotopic (exact) mass is 211 g/mol. The Labute approximate surface area is 85.5 Å². The van der Waals surface area contributed by atoms with Crippen LogP contribution in [-0.4, -0.2) is 16.0 Å². The van der Waals surface area contributed by atoms with Gasteiger partial charge in [0.2, 0.25) is 0 Å². The Morgan fingerprint density at radius 1 is 1.33 bits per heavy atom. The van der Waals surface area contributed by atoms with Gasteiger partial charge >= 0.3 is 0 Å². The predicted octanol–water partition coefficient (Wildman–Crippen LogP) is 2.86. The molecule has 0 saturated carbocycles. The van der Waals surface area contributed by atoms with Gasteiger partial charge in [-0.25, -0.2) is 8.78 Å². The highest BCUT2D eigenvalue weighted by atomic mass is 19.3. The van der Waals surface area contributed by atoms with Crippen molar-refractivity contribution in [2.45, 2.75) is 19.0 Å². The molecule has 0 aliphatic heterocycles. The quantitative estimate of drug-likeness (QED) is 0.787. The fraction of sp³-hybridized carbons (Fsp3) is 0.273. The van der Waals surface area contributed by atoms with E-state index in [2.05, 4.69) is 4.98 Å². The van der Waals surface area contributed by atoms with Gasteiger partial charge in [-0.1, -0.05) is 18.2 Å². The first-order valence-corrected chi connectivity index (χ1v) is 4.62. The molecule has 0 radical (unpaired) electrons. The smallest absolute Gasteiger partial charge is 0.276 e. The number of benzene rings is 1. The second-order valence-corrected chi connectivity index (χ2v) is 3.67.